The van der Waals surface area contributed by atoms with Crippen LogP contribution >= 0.6 is 0 Å². The van der Waals surface area contributed by atoms with Gasteiger partial charge in [-0.05, 0) is 91.3 Å². The minimum Gasteiger partial charge on any atom is -0.366 e. The summed E-state index contributed by atoms with van der Waals surface area (Å²) >= 11 is 0. The molecule has 0 aliphatic heterocycles. The van der Waals surface area contributed by atoms with Crippen molar-refractivity contribution in [3.05, 3.63) is 58.7 Å². The second-order valence-corrected chi connectivity index (χ2v) is 8.03. The Balaban J connectivity index is 1.72. The monoisotopic (exact) mass is 362 g/mol. The third kappa shape index (κ3) is 4.05. The average molecular weight is 362 g/mol. The number of hydrogen-bond acceptors (Lipinski definition) is 2. The molecular formula is C23H26N2O2. The highest BCUT2D eigenvalue weighted by molar-refractivity contribution is 5.98. The molecule has 0 atom stereocenters. The fraction of sp³-hybridized carbons (Fsp3) is 0.391. The van der Waals surface area contributed by atoms with Gasteiger partial charge in [0.15, 0.2) is 0 Å². The van der Waals surface area contributed by atoms with Gasteiger partial charge in [-0.25, -0.2) is 0 Å². The molecule has 2 aliphatic carbocycles. The van der Waals surface area contributed by atoms with E-state index in [-0.39, 0.29) is 5.91 Å². The summed E-state index contributed by atoms with van der Waals surface area (Å²) in [5.74, 6) is 0.940. The van der Waals surface area contributed by atoms with Crippen LogP contribution in [0.3, 0.4) is 0 Å². The van der Waals surface area contributed by atoms with Crippen molar-refractivity contribution >= 4 is 11.8 Å². The van der Waals surface area contributed by atoms with Crippen LogP contribution in [0.15, 0.2) is 36.4 Å². The molecule has 0 radical (unpaired) electrons. The van der Waals surface area contributed by atoms with Gasteiger partial charge in [0.2, 0.25) is 5.91 Å². The molecular weight excluding hydrogens is 336 g/mol. The molecule has 2 aliphatic rings. The minimum atomic E-state index is -0.426. The Bertz CT molecular complexity index is 878. The predicted molar refractivity (Wildman–Crippen MR) is 107 cm³/mol. The topological polar surface area (TPSA) is 72.2 Å². The average Bonchev–Trinajstić information content (AvgIpc) is 3.55. The summed E-state index contributed by atoms with van der Waals surface area (Å²) in [5, 5.41) is 3.12. The summed E-state index contributed by atoms with van der Waals surface area (Å²) in [5.41, 5.74) is 11.1. The van der Waals surface area contributed by atoms with E-state index in [4.69, 9.17) is 5.73 Å². The summed E-state index contributed by atoms with van der Waals surface area (Å²) in [6.45, 7) is 2.86. The molecule has 0 spiro atoms. The Morgan fingerprint density at radius 3 is 2.26 bits per heavy atom. The van der Waals surface area contributed by atoms with Crippen molar-refractivity contribution in [1.29, 1.82) is 0 Å². The molecule has 4 rings (SSSR count). The van der Waals surface area contributed by atoms with Crippen LogP contribution in [0.25, 0.3) is 11.1 Å². The molecule has 2 fully saturated rings. The number of primary amides is 1. The molecule has 0 heterocycles. The first-order valence-corrected chi connectivity index (χ1v) is 9.84. The summed E-state index contributed by atoms with van der Waals surface area (Å²) < 4.78 is 0. The van der Waals surface area contributed by atoms with Crippen LogP contribution in [0.5, 0.6) is 0 Å². The fourth-order valence-corrected chi connectivity index (χ4v) is 3.66. The number of benzene rings is 2. The first-order valence-electron chi connectivity index (χ1n) is 9.84. The molecule has 0 unspecified atom stereocenters. The highest BCUT2D eigenvalue weighted by Gasteiger charge is 2.28. The number of rotatable bonds is 7. The number of carbonyl (C=O) groups is 2. The van der Waals surface area contributed by atoms with Gasteiger partial charge in [0.25, 0.3) is 5.91 Å². The second-order valence-electron chi connectivity index (χ2n) is 8.03. The van der Waals surface area contributed by atoms with Gasteiger partial charge in [0.05, 0.1) is 0 Å². The quantitative estimate of drug-likeness (QED) is 0.785. The number of hydrogen-bond donors (Lipinski definition) is 2. The highest BCUT2D eigenvalue weighted by Crippen LogP contribution is 2.39. The zero-order chi connectivity index (χ0) is 19.0. The van der Waals surface area contributed by atoms with E-state index < -0.39 is 5.91 Å². The lowest BCUT2D eigenvalue weighted by atomic mass is 9.88. The van der Waals surface area contributed by atoms with Gasteiger partial charge in [-0.1, -0.05) is 18.2 Å². The zero-order valence-corrected chi connectivity index (χ0v) is 15.8. The van der Waals surface area contributed by atoms with Crippen LogP contribution in [-0.2, 0) is 6.42 Å². The van der Waals surface area contributed by atoms with Gasteiger partial charge in [-0.15, -0.1) is 0 Å². The van der Waals surface area contributed by atoms with Gasteiger partial charge in [0.1, 0.15) is 0 Å². The first-order chi connectivity index (χ1) is 13.0. The molecule has 4 nitrogen and oxygen atoms in total. The number of nitrogens with one attached hydrogen (secondary N) is 1. The molecule has 140 valence electrons. The molecule has 2 amide bonds. The van der Waals surface area contributed by atoms with E-state index in [2.05, 4.69) is 12.2 Å². The second kappa shape index (κ2) is 7.18. The lowest BCUT2D eigenvalue weighted by molar-refractivity contribution is 0.0949. The normalized spacial score (nSPS) is 16.2. The number of amides is 2. The highest BCUT2D eigenvalue weighted by atomic mass is 16.2. The molecule has 2 aromatic rings. The maximum absolute atomic E-state index is 12.9. The van der Waals surface area contributed by atoms with Gasteiger partial charge < -0.3 is 11.1 Å². The molecule has 27 heavy (non-hydrogen) atoms. The maximum Gasteiger partial charge on any atom is 0.251 e. The lowest BCUT2D eigenvalue weighted by Crippen LogP contribution is -2.27. The van der Waals surface area contributed by atoms with Crippen LogP contribution in [-0.4, -0.2) is 18.4 Å². The SMILES string of the molecule is Cc1ccc(C(=O)NCC2CC2)c(CC2CC2)c1-c1ccc(C(N)=O)cc1. The molecule has 3 N–H and O–H groups in total. The number of aryl methyl sites for hydroxylation is 1. The predicted octanol–water partition coefficient (Wildman–Crippen LogP) is 3.85. The minimum absolute atomic E-state index is 0.0348. The van der Waals surface area contributed by atoms with Gasteiger partial charge in [-0.2, -0.15) is 0 Å². The molecule has 2 saturated carbocycles. The summed E-state index contributed by atoms with van der Waals surface area (Å²) in [6.07, 6.45) is 5.84. The van der Waals surface area contributed by atoms with Crippen LogP contribution < -0.4 is 11.1 Å². The van der Waals surface area contributed by atoms with E-state index in [9.17, 15) is 9.59 Å². The Labute approximate surface area is 160 Å². The van der Waals surface area contributed by atoms with Crippen molar-refractivity contribution in [3.63, 3.8) is 0 Å². The number of nitrogens with two attached hydrogens (primary N) is 1. The molecule has 0 bridgehead atoms. The van der Waals surface area contributed by atoms with Crippen LogP contribution in [0, 0.1) is 18.8 Å². The van der Waals surface area contributed by atoms with E-state index in [1.165, 1.54) is 25.7 Å². The van der Waals surface area contributed by atoms with Crippen LogP contribution in [0.2, 0.25) is 0 Å². The standard InChI is InChI=1S/C23H26N2O2/c1-14-2-11-19(23(27)25-13-16-5-6-16)20(12-15-3-4-15)21(14)17-7-9-18(10-8-17)22(24)26/h2,7-11,15-16H,3-6,12-13H2,1H3,(H2,24,26)(H,25,27). The van der Waals surface area contributed by atoms with Gasteiger partial charge >= 0.3 is 0 Å². The summed E-state index contributed by atoms with van der Waals surface area (Å²) in [7, 11) is 0. The maximum atomic E-state index is 12.9. The first kappa shape index (κ1) is 17.8. The van der Waals surface area contributed by atoms with E-state index in [0.717, 1.165) is 40.8 Å². The van der Waals surface area contributed by atoms with Crippen molar-refractivity contribution in [2.75, 3.05) is 6.54 Å². The molecule has 0 saturated heterocycles. The van der Waals surface area contributed by atoms with Crippen molar-refractivity contribution < 1.29 is 9.59 Å². The summed E-state index contributed by atoms with van der Waals surface area (Å²) in [6, 6.07) is 11.4. The zero-order valence-electron chi connectivity index (χ0n) is 15.8. The van der Waals surface area contributed by atoms with Crippen molar-refractivity contribution in [1.82, 2.24) is 5.32 Å². The lowest BCUT2D eigenvalue weighted by Gasteiger charge is -2.18. The Morgan fingerprint density at radius 1 is 1.00 bits per heavy atom. The van der Waals surface area contributed by atoms with Crippen molar-refractivity contribution in [2.24, 2.45) is 17.6 Å². The third-order valence-corrected chi connectivity index (χ3v) is 5.66. The van der Waals surface area contributed by atoms with Crippen LogP contribution in [0.4, 0.5) is 0 Å². The van der Waals surface area contributed by atoms with E-state index in [1.807, 2.05) is 24.3 Å². The largest absolute Gasteiger partial charge is 0.366 e. The summed E-state index contributed by atoms with van der Waals surface area (Å²) in [4.78, 5) is 24.2. The smallest absolute Gasteiger partial charge is 0.251 e. The van der Waals surface area contributed by atoms with Crippen molar-refractivity contribution in [3.8, 4) is 11.1 Å². The fourth-order valence-electron chi connectivity index (χ4n) is 3.66. The number of carbonyl (C=O) groups excluding carboxylic acids is 2. The van der Waals surface area contributed by atoms with E-state index >= 15 is 0 Å². The van der Waals surface area contributed by atoms with E-state index in [1.54, 1.807) is 12.1 Å². The molecule has 4 heteroatoms. The Hall–Kier alpha value is -2.62. The van der Waals surface area contributed by atoms with Gasteiger partial charge in [-0.3, -0.25) is 9.59 Å². The van der Waals surface area contributed by atoms with E-state index in [0.29, 0.717) is 17.4 Å². The van der Waals surface area contributed by atoms with Crippen molar-refractivity contribution in [2.45, 2.75) is 39.0 Å². The molecule has 0 aromatic heterocycles. The Morgan fingerprint density at radius 2 is 1.67 bits per heavy atom. The van der Waals surface area contributed by atoms with Crippen LogP contribution in [0.1, 0.15) is 57.5 Å². The third-order valence-electron chi connectivity index (χ3n) is 5.66. The van der Waals surface area contributed by atoms with Gasteiger partial charge in [0, 0.05) is 17.7 Å². The molecule has 2 aromatic carbocycles. The Kier molecular flexibility index (Phi) is 4.73.